The summed E-state index contributed by atoms with van der Waals surface area (Å²) in [5.74, 6) is 0. The molecule has 42 heavy (non-hydrogen) atoms. The van der Waals surface area contributed by atoms with E-state index in [1.54, 1.807) is 0 Å². The summed E-state index contributed by atoms with van der Waals surface area (Å²) in [5.41, 5.74) is 2.11. The molecule has 0 heterocycles. The Hall–Kier alpha value is -5.46. The molecule has 0 atom stereocenters. The van der Waals surface area contributed by atoms with Gasteiger partial charge in [-0.1, -0.05) is 145 Å². The molecular formula is C42H26. The Morgan fingerprint density at radius 1 is 0.286 bits per heavy atom. The molecule has 0 unspecified atom stereocenters. The minimum absolute atomic E-state index is 0.0383. The molecule has 0 amide bonds. The van der Waals surface area contributed by atoms with E-state index < -0.39 is 0 Å². The van der Waals surface area contributed by atoms with Crippen LogP contribution in [0, 0.1) is 0 Å². The average Bonchev–Trinajstić information content (AvgIpc) is 3.10. The molecule has 0 bridgehead atoms. The first kappa shape index (κ1) is 19.6. The second-order valence-corrected chi connectivity index (χ2v) is 11.0. The van der Waals surface area contributed by atoms with Crippen molar-refractivity contribution < 1.29 is 5.48 Å². The molecule has 9 rings (SSSR count). The average molecular weight is 535 g/mol. The minimum Gasteiger partial charge on any atom is -0.0616 e. The van der Waals surface area contributed by atoms with Crippen molar-refractivity contribution >= 4 is 64.6 Å². The molecule has 0 aliphatic carbocycles. The maximum absolute atomic E-state index is 9.53. The predicted molar refractivity (Wildman–Crippen MR) is 182 cm³/mol. The lowest BCUT2D eigenvalue weighted by molar-refractivity contribution is 1.66. The topological polar surface area (TPSA) is 0 Å². The fourth-order valence-electron chi connectivity index (χ4n) is 6.74. The molecule has 0 N–H and O–H groups in total. The van der Waals surface area contributed by atoms with Gasteiger partial charge in [0.15, 0.2) is 0 Å². The van der Waals surface area contributed by atoms with Gasteiger partial charge >= 0.3 is 0 Å². The van der Waals surface area contributed by atoms with Gasteiger partial charge in [-0.2, -0.15) is 0 Å². The molecule has 0 aliphatic heterocycles. The fraction of sp³-hybridized carbons (Fsp3) is 0. The van der Waals surface area contributed by atoms with E-state index in [0.29, 0.717) is 11.1 Å². The van der Waals surface area contributed by atoms with Crippen LogP contribution in [-0.4, -0.2) is 0 Å². The quantitative estimate of drug-likeness (QED) is 0.153. The number of fused-ring (bicyclic) bond motifs is 8. The number of hydrogen-bond donors (Lipinski definition) is 0. The minimum atomic E-state index is -0.0383. The highest BCUT2D eigenvalue weighted by Gasteiger charge is 2.15. The maximum atomic E-state index is 9.53. The van der Waals surface area contributed by atoms with Gasteiger partial charge in [-0.3, -0.25) is 0 Å². The molecule has 0 saturated heterocycles. The van der Waals surface area contributed by atoms with E-state index in [0.717, 1.165) is 75.8 Å². The van der Waals surface area contributed by atoms with Crippen LogP contribution in [0.15, 0.2) is 158 Å². The fourth-order valence-corrected chi connectivity index (χ4v) is 6.74. The van der Waals surface area contributed by atoms with Crippen LogP contribution in [0.3, 0.4) is 0 Å². The van der Waals surface area contributed by atoms with Gasteiger partial charge in [-0.25, -0.2) is 0 Å². The molecule has 0 radical (unpaired) electrons. The van der Waals surface area contributed by atoms with Gasteiger partial charge in [0, 0.05) is 0 Å². The molecule has 9 aromatic carbocycles. The highest BCUT2D eigenvalue weighted by molar-refractivity contribution is 6.21. The van der Waals surface area contributed by atoms with E-state index in [2.05, 4.69) is 72.8 Å². The largest absolute Gasteiger partial charge is 0.0629 e. The van der Waals surface area contributed by atoms with Crippen molar-refractivity contribution in [2.24, 2.45) is 0 Å². The van der Waals surface area contributed by atoms with E-state index in [-0.39, 0.29) is 24.2 Å². The van der Waals surface area contributed by atoms with Crippen LogP contribution in [0.1, 0.15) is 5.48 Å². The zero-order valence-corrected chi connectivity index (χ0v) is 22.7. The molecule has 0 saturated carbocycles. The number of hydrogen-bond acceptors (Lipinski definition) is 0. The summed E-state index contributed by atoms with van der Waals surface area (Å²) in [5, 5.41) is 12.1. The van der Waals surface area contributed by atoms with Gasteiger partial charge in [0.1, 0.15) is 0 Å². The molecule has 0 spiro atoms. The van der Waals surface area contributed by atoms with Crippen LogP contribution in [0.25, 0.3) is 86.9 Å². The maximum Gasteiger partial charge on any atom is 0.0629 e. The van der Waals surface area contributed by atoms with Gasteiger partial charge in [0.05, 0.1) is 5.48 Å². The summed E-state index contributed by atoms with van der Waals surface area (Å²) in [6.45, 7) is 0. The van der Waals surface area contributed by atoms with Gasteiger partial charge in [-0.15, -0.1) is 0 Å². The van der Waals surface area contributed by atoms with E-state index in [4.69, 9.17) is 0 Å². The first-order valence-corrected chi connectivity index (χ1v) is 14.3. The predicted octanol–water partition coefficient (Wildman–Crippen LogP) is 11.9. The van der Waals surface area contributed by atoms with E-state index in [1.807, 2.05) is 60.7 Å². The zero-order chi connectivity index (χ0) is 31.1. The molecule has 0 aromatic heterocycles. The van der Waals surface area contributed by atoms with E-state index >= 15 is 0 Å². The first-order valence-electron chi connectivity index (χ1n) is 16.3. The van der Waals surface area contributed by atoms with Crippen LogP contribution in [0.5, 0.6) is 0 Å². The van der Waals surface area contributed by atoms with Gasteiger partial charge in [0.25, 0.3) is 0 Å². The summed E-state index contributed by atoms with van der Waals surface area (Å²) in [6.07, 6.45) is 0. The van der Waals surface area contributed by atoms with Crippen molar-refractivity contribution in [2.45, 2.75) is 0 Å². The van der Waals surface area contributed by atoms with Crippen molar-refractivity contribution in [1.29, 1.82) is 0 Å². The van der Waals surface area contributed by atoms with Crippen LogP contribution >= 0.6 is 0 Å². The van der Waals surface area contributed by atoms with Crippen LogP contribution in [0.4, 0.5) is 0 Å². The lowest BCUT2D eigenvalue weighted by Crippen LogP contribution is -1.89. The van der Waals surface area contributed by atoms with E-state index in [9.17, 15) is 5.48 Å². The summed E-state index contributed by atoms with van der Waals surface area (Å²) >= 11 is 0. The molecule has 9 aromatic rings. The summed E-state index contributed by atoms with van der Waals surface area (Å²) < 4.78 is 38.1. The summed E-state index contributed by atoms with van der Waals surface area (Å²) in [7, 11) is 0. The Bertz CT molecular complexity index is 2520. The molecule has 0 aliphatic rings. The summed E-state index contributed by atoms with van der Waals surface area (Å²) in [4.78, 5) is 0. The van der Waals surface area contributed by atoms with Crippen LogP contribution < -0.4 is 0 Å². The Kier molecular flexibility index (Phi) is 4.21. The number of benzene rings is 9. The zero-order valence-electron chi connectivity index (χ0n) is 26.7. The third-order valence-corrected chi connectivity index (χ3v) is 8.66. The third-order valence-electron chi connectivity index (χ3n) is 8.66. The molecule has 0 nitrogen and oxygen atoms in total. The van der Waals surface area contributed by atoms with Gasteiger partial charge in [0.2, 0.25) is 0 Å². The Labute approximate surface area is 249 Å². The van der Waals surface area contributed by atoms with Crippen molar-refractivity contribution in [1.82, 2.24) is 0 Å². The highest BCUT2D eigenvalue weighted by Crippen LogP contribution is 2.42. The molecular weight excluding hydrogens is 504 g/mol. The van der Waals surface area contributed by atoms with Gasteiger partial charge in [-0.05, 0) is 99.0 Å². The standard InChI is InChI=1S/C42H26/c1-5-13-33-27(9-1)21-23-37-39(33)25-31-11-3-7-15-35(31)41(37)29-17-19-30(20-18-29)42-36-16-8-4-12-32(36)26-40-34-14-6-2-10-28(34)22-24-38(40)42/h1-26H/i17D,18D,19D,20D. The smallest absolute Gasteiger partial charge is 0.0616 e. The molecule has 194 valence electrons. The Morgan fingerprint density at radius 2 is 0.643 bits per heavy atom. The molecule has 0 heteroatoms. The second kappa shape index (κ2) is 9.03. The third kappa shape index (κ3) is 3.42. The van der Waals surface area contributed by atoms with Crippen LogP contribution in [0.2, 0.25) is 0 Å². The van der Waals surface area contributed by atoms with Crippen molar-refractivity contribution in [2.75, 3.05) is 0 Å². The van der Waals surface area contributed by atoms with Crippen LogP contribution in [-0.2, 0) is 0 Å². The van der Waals surface area contributed by atoms with Crippen molar-refractivity contribution in [3.05, 3.63) is 158 Å². The number of rotatable bonds is 2. The Balaban J connectivity index is 1.43. The SMILES string of the molecule is [2H]c1c([2H])c(-c2c3ccccc3cc3c2ccc2ccccc23)c([2H])c([2H])c1-c1c2ccccc2cc2c1ccc1ccccc12. The second-order valence-electron chi connectivity index (χ2n) is 11.0. The van der Waals surface area contributed by atoms with Crippen molar-refractivity contribution in [3.63, 3.8) is 0 Å². The van der Waals surface area contributed by atoms with Gasteiger partial charge < -0.3 is 0 Å². The highest BCUT2D eigenvalue weighted by atomic mass is 14.2. The monoisotopic (exact) mass is 534 g/mol. The lowest BCUT2D eigenvalue weighted by Gasteiger charge is -2.16. The summed E-state index contributed by atoms with van der Waals surface area (Å²) in [6, 6.07) is 45.0. The molecule has 0 fully saturated rings. The normalized spacial score (nSPS) is 13.1. The van der Waals surface area contributed by atoms with Crippen molar-refractivity contribution in [3.8, 4) is 22.3 Å². The van der Waals surface area contributed by atoms with E-state index in [1.165, 1.54) is 0 Å². The first-order chi connectivity index (χ1) is 22.5. The Morgan fingerprint density at radius 3 is 1.07 bits per heavy atom. The lowest BCUT2D eigenvalue weighted by atomic mass is 9.87.